The molecule has 2 aromatic carbocycles. The number of halogens is 1. The molecule has 3 N–H and O–H groups in total. The third-order valence-corrected chi connectivity index (χ3v) is 3.62. The van der Waals surface area contributed by atoms with Crippen molar-refractivity contribution in [3.8, 4) is 5.75 Å². The predicted molar refractivity (Wildman–Crippen MR) is 83.0 cm³/mol. The number of nitrogens with two attached hydrogens (primary N) is 1. The monoisotopic (exact) mass is 334 g/mol. The lowest BCUT2D eigenvalue weighted by atomic mass is 10.1. The molecule has 0 spiro atoms. The molecule has 0 aliphatic heterocycles. The number of hydrogen-bond donors (Lipinski definition) is 2. The van der Waals surface area contributed by atoms with E-state index in [1.165, 1.54) is 0 Å². The first kappa shape index (κ1) is 14.4. The topological polar surface area (TPSA) is 64.3 Å². The van der Waals surface area contributed by atoms with Crippen LogP contribution in [0, 0.1) is 0 Å². The van der Waals surface area contributed by atoms with Gasteiger partial charge in [0.15, 0.2) is 0 Å². The second-order valence-corrected chi connectivity index (χ2v) is 5.08. The molecule has 0 aliphatic rings. The summed E-state index contributed by atoms with van der Waals surface area (Å²) in [6.07, 6.45) is 0. The van der Waals surface area contributed by atoms with Gasteiger partial charge in [-0.2, -0.15) is 0 Å². The Morgan fingerprint density at radius 2 is 2.05 bits per heavy atom. The van der Waals surface area contributed by atoms with Gasteiger partial charge in [0.2, 0.25) is 5.91 Å². The second-order valence-electron chi connectivity index (χ2n) is 4.22. The fraction of sp³-hybridized carbons (Fsp3) is 0.133. The van der Waals surface area contributed by atoms with Gasteiger partial charge in [-0.05, 0) is 39.7 Å². The van der Waals surface area contributed by atoms with Crippen molar-refractivity contribution in [3.63, 3.8) is 0 Å². The number of carbonyl (C=O) groups is 1. The van der Waals surface area contributed by atoms with E-state index in [0.717, 1.165) is 21.5 Å². The minimum absolute atomic E-state index is 0.424. The summed E-state index contributed by atoms with van der Waals surface area (Å²) in [5.74, 6) is 0.339. The highest BCUT2D eigenvalue weighted by molar-refractivity contribution is 9.10. The Morgan fingerprint density at radius 3 is 2.75 bits per heavy atom. The lowest BCUT2D eigenvalue weighted by Gasteiger charge is -2.12. The molecular formula is C15H15BrN2O2. The highest BCUT2D eigenvalue weighted by Crippen LogP contribution is 2.27. The summed E-state index contributed by atoms with van der Waals surface area (Å²) in [5, 5.41) is 3.26. The van der Waals surface area contributed by atoms with Crippen LogP contribution in [0.4, 0.5) is 5.69 Å². The number of methoxy groups -OCH3 is 1. The average Bonchev–Trinajstić information content (AvgIpc) is 2.46. The zero-order valence-corrected chi connectivity index (χ0v) is 12.6. The molecule has 4 nitrogen and oxygen atoms in total. The van der Waals surface area contributed by atoms with Crippen LogP contribution < -0.4 is 15.8 Å². The van der Waals surface area contributed by atoms with E-state index in [4.69, 9.17) is 10.5 Å². The molecule has 0 radical (unpaired) electrons. The van der Waals surface area contributed by atoms with Crippen LogP contribution in [-0.4, -0.2) is 13.0 Å². The maximum Gasteiger partial charge on any atom is 0.249 e. The van der Waals surface area contributed by atoms with Gasteiger partial charge in [0.1, 0.15) is 5.75 Å². The Bertz CT molecular complexity index is 629. The van der Waals surface area contributed by atoms with Gasteiger partial charge in [-0.25, -0.2) is 0 Å². The SMILES string of the molecule is COc1ccc(Br)c(NCc2ccccc2C(N)=O)c1. The third kappa shape index (κ3) is 3.30. The molecule has 20 heavy (non-hydrogen) atoms. The minimum Gasteiger partial charge on any atom is -0.497 e. The zero-order chi connectivity index (χ0) is 14.5. The van der Waals surface area contributed by atoms with E-state index in [2.05, 4.69) is 21.2 Å². The number of amides is 1. The molecule has 0 aliphatic carbocycles. The summed E-state index contributed by atoms with van der Waals surface area (Å²) in [4.78, 5) is 11.4. The van der Waals surface area contributed by atoms with Gasteiger partial charge in [-0.3, -0.25) is 4.79 Å². The van der Waals surface area contributed by atoms with E-state index < -0.39 is 5.91 Å². The molecule has 2 rings (SSSR count). The second kappa shape index (κ2) is 6.43. The van der Waals surface area contributed by atoms with Crippen molar-refractivity contribution >= 4 is 27.5 Å². The standard InChI is InChI=1S/C15H15BrN2O2/c1-20-11-6-7-13(16)14(8-11)18-9-10-4-2-3-5-12(10)15(17)19/h2-8,18H,9H2,1H3,(H2,17,19). The number of carbonyl (C=O) groups excluding carboxylic acids is 1. The number of nitrogens with one attached hydrogen (secondary N) is 1. The Labute approximate surface area is 126 Å². The van der Waals surface area contributed by atoms with Crippen LogP contribution in [0.25, 0.3) is 0 Å². The largest absolute Gasteiger partial charge is 0.497 e. The highest BCUT2D eigenvalue weighted by Gasteiger charge is 2.08. The summed E-state index contributed by atoms with van der Waals surface area (Å²) < 4.78 is 6.11. The first-order chi connectivity index (χ1) is 9.61. The van der Waals surface area contributed by atoms with Crippen LogP contribution in [0.1, 0.15) is 15.9 Å². The normalized spacial score (nSPS) is 10.1. The summed E-state index contributed by atoms with van der Waals surface area (Å²) >= 11 is 3.47. The maximum absolute atomic E-state index is 11.4. The molecule has 0 aromatic heterocycles. The van der Waals surface area contributed by atoms with Crippen LogP contribution in [0.2, 0.25) is 0 Å². The van der Waals surface area contributed by atoms with Gasteiger partial charge in [0, 0.05) is 22.6 Å². The average molecular weight is 335 g/mol. The first-order valence-electron chi connectivity index (χ1n) is 6.07. The van der Waals surface area contributed by atoms with Crippen molar-refractivity contribution in [3.05, 3.63) is 58.1 Å². The van der Waals surface area contributed by atoms with Gasteiger partial charge in [-0.15, -0.1) is 0 Å². The molecule has 0 heterocycles. The fourth-order valence-electron chi connectivity index (χ4n) is 1.87. The summed E-state index contributed by atoms with van der Waals surface area (Å²) in [6.45, 7) is 0.505. The van der Waals surface area contributed by atoms with Crippen LogP contribution in [0.5, 0.6) is 5.75 Å². The number of benzene rings is 2. The van der Waals surface area contributed by atoms with E-state index in [-0.39, 0.29) is 0 Å². The lowest BCUT2D eigenvalue weighted by molar-refractivity contribution is 0.0999. The van der Waals surface area contributed by atoms with Crippen LogP contribution in [-0.2, 0) is 6.54 Å². The highest BCUT2D eigenvalue weighted by atomic mass is 79.9. The number of hydrogen-bond acceptors (Lipinski definition) is 3. The molecule has 0 atom stereocenters. The Kier molecular flexibility index (Phi) is 4.63. The van der Waals surface area contributed by atoms with Crippen molar-refractivity contribution < 1.29 is 9.53 Å². The zero-order valence-electron chi connectivity index (χ0n) is 11.0. The molecule has 0 saturated heterocycles. The molecule has 5 heteroatoms. The van der Waals surface area contributed by atoms with E-state index in [1.807, 2.05) is 30.3 Å². The van der Waals surface area contributed by atoms with Gasteiger partial charge in [0.25, 0.3) is 0 Å². The van der Waals surface area contributed by atoms with Gasteiger partial charge >= 0.3 is 0 Å². The molecule has 2 aromatic rings. The molecule has 0 fully saturated rings. The fourth-order valence-corrected chi connectivity index (χ4v) is 2.26. The minimum atomic E-state index is -0.424. The maximum atomic E-state index is 11.4. The first-order valence-corrected chi connectivity index (χ1v) is 6.86. The smallest absolute Gasteiger partial charge is 0.249 e. The molecule has 0 unspecified atom stereocenters. The summed E-state index contributed by atoms with van der Waals surface area (Å²) in [7, 11) is 1.62. The van der Waals surface area contributed by atoms with Crippen molar-refractivity contribution in [2.45, 2.75) is 6.54 Å². The van der Waals surface area contributed by atoms with E-state index >= 15 is 0 Å². The van der Waals surface area contributed by atoms with Crippen LogP contribution in [0.3, 0.4) is 0 Å². The van der Waals surface area contributed by atoms with Gasteiger partial charge < -0.3 is 15.8 Å². The summed E-state index contributed by atoms with van der Waals surface area (Å²) in [6, 6.07) is 12.9. The molecule has 0 saturated carbocycles. The number of anilines is 1. The number of ether oxygens (including phenoxy) is 1. The van der Waals surface area contributed by atoms with Gasteiger partial charge in [-0.1, -0.05) is 18.2 Å². The quantitative estimate of drug-likeness (QED) is 0.882. The van der Waals surface area contributed by atoms with E-state index in [0.29, 0.717) is 12.1 Å². The van der Waals surface area contributed by atoms with E-state index in [1.54, 1.807) is 19.2 Å². The van der Waals surface area contributed by atoms with Crippen molar-refractivity contribution in [2.24, 2.45) is 5.73 Å². The number of primary amides is 1. The molecule has 104 valence electrons. The van der Waals surface area contributed by atoms with Crippen molar-refractivity contribution in [1.82, 2.24) is 0 Å². The van der Waals surface area contributed by atoms with Crippen LogP contribution >= 0.6 is 15.9 Å². The van der Waals surface area contributed by atoms with E-state index in [9.17, 15) is 4.79 Å². The molecule has 1 amide bonds. The Hall–Kier alpha value is -2.01. The molecular weight excluding hydrogens is 320 g/mol. The van der Waals surface area contributed by atoms with Crippen molar-refractivity contribution in [2.75, 3.05) is 12.4 Å². The number of rotatable bonds is 5. The Balaban J connectivity index is 2.19. The summed E-state index contributed by atoms with van der Waals surface area (Å²) in [5.41, 5.74) is 7.64. The Morgan fingerprint density at radius 1 is 1.30 bits per heavy atom. The van der Waals surface area contributed by atoms with Crippen molar-refractivity contribution in [1.29, 1.82) is 0 Å². The predicted octanol–water partition coefficient (Wildman–Crippen LogP) is 3.17. The van der Waals surface area contributed by atoms with Gasteiger partial charge in [0.05, 0.1) is 12.8 Å². The molecule has 0 bridgehead atoms. The lowest BCUT2D eigenvalue weighted by Crippen LogP contribution is -2.15. The third-order valence-electron chi connectivity index (χ3n) is 2.93. The van der Waals surface area contributed by atoms with Crippen LogP contribution in [0.15, 0.2) is 46.9 Å².